The molecule has 0 aliphatic carbocycles. The third-order valence-corrected chi connectivity index (χ3v) is 10.8. The number of sulfonamides is 2. The van der Waals surface area contributed by atoms with Crippen LogP contribution in [0.1, 0.15) is 17.5 Å². The molecule has 1 N–H and O–H groups in total. The van der Waals surface area contributed by atoms with Gasteiger partial charge in [0.2, 0.25) is 10.0 Å². The Labute approximate surface area is 253 Å². The minimum Gasteiger partial charge on any atom is -0.428 e. The predicted molar refractivity (Wildman–Crippen MR) is 159 cm³/mol. The molecule has 14 heteroatoms. The SMILES string of the molecule is Cc1ccc(S(=O)(=O)N(Cc2cc(F)ccc2F)NC(=O)O[C@H]2C[C@@H](S)CN2S(=O)(=O)c2ccc3ccccc3c2)cc1. The second kappa shape index (κ2) is 12.2. The minimum atomic E-state index is -4.51. The highest BCUT2D eigenvalue weighted by molar-refractivity contribution is 7.89. The first-order valence-electron chi connectivity index (χ1n) is 13.0. The zero-order chi connectivity index (χ0) is 30.9. The van der Waals surface area contributed by atoms with Crippen LogP contribution < -0.4 is 5.43 Å². The summed E-state index contributed by atoms with van der Waals surface area (Å²) in [6.45, 7) is 0.893. The number of nitrogens with one attached hydrogen (secondary N) is 1. The number of rotatable bonds is 8. The summed E-state index contributed by atoms with van der Waals surface area (Å²) in [5.41, 5.74) is 2.51. The highest BCUT2D eigenvalue weighted by Gasteiger charge is 2.42. The molecule has 1 aliphatic rings. The molecule has 1 heterocycles. The van der Waals surface area contributed by atoms with Crippen LogP contribution in [0.3, 0.4) is 0 Å². The molecule has 4 aromatic rings. The molecule has 1 saturated heterocycles. The number of halogens is 2. The van der Waals surface area contributed by atoms with Crippen LogP contribution in [-0.4, -0.2) is 49.7 Å². The van der Waals surface area contributed by atoms with Crippen molar-refractivity contribution in [2.75, 3.05) is 6.54 Å². The molecule has 0 saturated carbocycles. The largest absolute Gasteiger partial charge is 0.428 e. The summed E-state index contributed by atoms with van der Waals surface area (Å²) in [6.07, 6.45) is -2.63. The topological polar surface area (TPSA) is 113 Å². The van der Waals surface area contributed by atoms with Crippen molar-refractivity contribution < 1.29 is 35.1 Å². The second-order valence-corrected chi connectivity index (χ2v) is 14.5. The number of fused-ring (bicyclic) bond motifs is 1. The van der Waals surface area contributed by atoms with E-state index in [9.17, 15) is 30.4 Å². The van der Waals surface area contributed by atoms with Crippen molar-refractivity contribution in [3.63, 3.8) is 0 Å². The van der Waals surface area contributed by atoms with Gasteiger partial charge in [-0.05, 0) is 60.2 Å². The summed E-state index contributed by atoms with van der Waals surface area (Å²) < 4.78 is 89.5. The normalized spacial score (nSPS) is 17.8. The number of aryl methyl sites for hydroxylation is 1. The van der Waals surface area contributed by atoms with Crippen molar-refractivity contribution in [1.29, 1.82) is 0 Å². The third-order valence-electron chi connectivity index (χ3n) is 6.90. The number of thiol groups is 1. The number of hydrogen-bond donors (Lipinski definition) is 2. The molecule has 1 amide bonds. The molecule has 0 radical (unpaired) electrons. The maximum atomic E-state index is 14.5. The number of ether oxygens (including phenoxy) is 1. The van der Waals surface area contributed by atoms with E-state index in [-0.39, 0.29) is 28.3 Å². The lowest BCUT2D eigenvalue weighted by atomic mass is 10.1. The molecule has 1 aliphatic heterocycles. The van der Waals surface area contributed by atoms with Crippen LogP contribution in [0.2, 0.25) is 0 Å². The van der Waals surface area contributed by atoms with E-state index >= 15 is 0 Å². The van der Waals surface area contributed by atoms with E-state index < -0.39 is 55.8 Å². The summed E-state index contributed by atoms with van der Waals surface area (Å²) in [5.74, 6) is -1.71. The van der Waals surface area contributed by atoms with Crippen LogP contribution in [0.4, 0.5) is 13.6 Å². The molecular weight excluding hydrogens is 621 g/mol. The van der Waals surface area contributed by atoms with E-state index in [1.54, 1.807) is 25.1 Å². The van der Waals surface area contributed by atoms with Crippen LogP contribution in [0.5, 0.6) is 0 Å². The van der Waals surface area contributed by atoms with Gasteiger partial charge in [-0.15, -0.1) is 4.41 Å². The number of hydrazine groups is 1. The van der Waals surface area contributed by atoms with Gasteiger partial charge in [-0.1, -0.05) is 48.0 Å². The quantitative estimate of drug-likeness (QED) is 0.206. The Hall–Kier alpha value is -3.56. The van der Waals surface area contributed by atoms with Gasteiger partial charge in [0.25, 0.3) is 10.0 Å². The minimum absolute atomic E-state index is 0.0204. The number of hydrogen-bond acceptors (Lipinski definition) is 7. The number of benzene rings is 4. The first kappa shape index (κ1) is 30.9. The van der Waals surface area contributed by atoms with Gasteiger partial charge in [0.05, 0.1) is 16.3 Å². The lowest BCUT2D eigenvalue weighted by Crippen LogP contribution is -2.48. The van der Waals surface area contributed by atoms with Crippen LogP contribution in [-0.2, 0) is 31.3 Å². The van der Waals surface area contributed by atoms with Crippen molar-refractivity contribution in [2.24, 2.45) is 0 Å². The van der Waals surface area contributed by atoms with Crippen LogP contribution >= 0.6 is 12.6 Å². The highest BCUT2D eigenvalue weighted by atomic mass is 32.2. The van der Waals surface area contributed by atoms with E-state index in [1.807, 2.05) is 12.1 Å². The lowest BCUT2D eigenvalue weighted by Gasteiger charge is -2.27. The smallest absolute Gasteiger partial charge is 0.424 e. The zero-order valence-corrected chi connectivity index (χ0v) is 25.2. The Balaban J connectivity index is 1.41. The average Bonchev–Trinajstić information content (AvgIpc) is 3.34. The fourth-order valence-electron chi connectivity index (χ4n) is 4.67. The summed E-state index contributed by atoms with van der Waals surface area (Å²) in [6, 6.07) is 20.0. The maximum absolute atomic E-state index is 14.5. The molecule has 43 heavy (non-hydrogen) atoms. The molecule has 0 bridgehead atoms. The molecule has 226 valence electrons. The van der Waals surface area contributed by atoms with Crippen LogP contribution in [0.25, 0.3) is 10.8 Å². The number of nitrogens with zero attached hydrogens (tertiary/aromatic N) is 2. The standard InChI is InChI=1S/C29H27F2N3O6S3/c1-19-6-10-25(11-7-19)43(38,39)34(17-22-14-23(30)9-13-27(22)31)32-29(35)40-28-16-24(41)18-33(28)42(36,37)26-12-8-20-4-2-3-5-21(20)15-26/h2-15,24,28,41H,16-18H2,1H3,(H,32,35)/t24-,28+/m1/s1. The van der Waals surface area contributed by atoms with Crippen molar-refractivity contribution in [2.45, 2.75) is 41.2 Å². The maximum Gasteiger partial charge on any atom is 0.424 e. The first-order chi connectivity index (χ1) is 20.3. The monoisotopic (exact) mass is 647 g/mol. The number of carbonyl (C=O) groups is 1. The second-order valence-electron chi connectivity index (χ2n) is 10.0. The summed E-state index contributed by atoms with van der Waals surface area (Å²) in [4.78, 5) is 12.9. The zero-order valence-electron chi connectivity index (χ0n) is 22.7. The Kier molecular flexibility index (Phi) is 8.77. The van der Waals surface area contributed by atoms with Crippen molar-refractivity contribution in [1.82, 2.24) is 14.1 Å². The number of amides is 1. The van der Waals surface area contributed by atoms with Gasteiger partial charge < -0.3 is 4.74 Å². The predicted octanol–water partition coefficient (Wildman–Crippen LogP) is 4.98. The average molecular weight is 648 g/mol. The van der Waals surface area contributed by atoms with E-state index in [0.717, 1.165) is 33.5 Å². The van der Waals surface area contributed by atoms with Gasteiger partial charge in [0.1, 0.15) is 11.6 Å². The summed E-state index contributed by atoms with van der Waals surface area (Å²) in [7, 11) is -8.67. The lowest BCUT2D eigenvalue weighted by molar-refractivity contribution is 0.0425. The first-order valence-corrected chi connectivity index (χ1v) is 16.4. The van der Waals surface area contributed by atoms with Gasteiger partial charge in [0, 0.05) is 23.8 Å². The van der Waals surface area contributed by atoms with Crippen LogP contribution in [0.15, 0.2) is 94.7 Å². The molecule has 0 unspecified atom stereocenters. The molecule has 4 aromatic carbocycles. The molecule has 1 fully saturated rings. The van der Waals surface area contributed by atoms with Crippen LogP contribution in [0, 0.1) is 18.6 Å². The highest BCUT2D eigenvalue weighted by Crippen LogP contribution is 2.31. The van der Waals surface area contributed by atoms with E-state index in [1.165, 1.54) is 36.4 Å². The molecule has 0 spiro atoms. The summed E-state index contributed by atoms with van der Waals surface area (Å²) >= 11 is 4.39. The molecule has 5 rings (SSSR count). The Bertz CT molecular complexity index is 1890. The fourth-order valence-corrected chi connectivity index (χ4v) is 7.97. The van der Waals surface area contributed by atoms with Gasteiger partial charge in [0.15, 0.2) is 6.23 Å². The van der Waals surface area contributed by atoms with Crippen molar-refractivity contribution in [3.05, 3.63) is 108 Å². The Morgan fingerprint density at radius 2 is 1.63 bits per heavy atom. The molecule has 9 nitrogen and oxygen atoms in total. The van der Waals surface area contributed by atoms with Gasteiger partial charge in [-0.25, -0.2) is 35.8 Å². The summed E-state index contributed by atoms with van der Waals surface area (Å²) in [5, 5.41) is 1.05. The van der Waals surface area contributed by atoms with Crippen molar-refractivity contribution >= 4 is 49.5 Å². The van der Waals surface area contributed by atoms with Gasteiger partial charge in [-0.2, -0.15) is 16.9 Å². The number of carbonyl (C=O) groups excluding carboxylic acids is 1. The Morgan fingerprint density at radius 3 is 2.35 bits per heavy atom. The van der Waals surface area contributed by atoms with Gasteiger partial charge >= 0.3 is 6.09 Å². The Morgan fingerprint density at radius 1 is 0.953 bits per heavy atom. The third kappa shape index (κ3) is 6.68. The van der Waals surface area contributed by atoms with E-state index in [2.05, 4.69) is 18.1 Å². The molecule has 2 atom stereocenters. The molecular formula is C29H27F2N3O6S3. The fraction of sp³-hybridized carbons (Fsp3) is 0.207. The van der Waals surface area contributed by atoms with Crippen molar-refractivity contribution in [3.8, 4) is 0 Å². The van der Waals surface area contributed by atoms with E-state index in [0.29, 0.717) is 9.80 Å². The molecule has 0 aromatic heterocycles. The van der Waals surface area contributed by atoms with E-state index in [4.69, 9.17) is 4.74 Å². The van der Waals surface area contributed by atoms with Gasteiger partial charge in [-0.3, -0.25) is 0 Å².